The number of carbonyl (C=O) groups excluding carboxylic acids is 2. The second kappa shape index (κ2) is 10.8. The van der Waals surface area contributed by atoms with E-state index in [9.17, 15) is 9.59 Å². The van der Waals surface area contributed by atoms with Gasteiger partial charge in [0.15, 0.2) is 10.1 Å². The lowest BCUT2D eigenvalue weighted by Crippen LogP contribution is -2.11. The molecule has 0 aliphatic carbocycles. The number of aromatic nitrogens is 2. The summed E-state index contributed by atoms with van der Waals surface area (Å²) >= 11 is 2.71. The molecule has 4 aromatic rings. The van der Waals surface area contributed by atoms with E-state index < -0.39 is 0 Å². The van der Waals surface area contributed by atoms with Gasteiger partial charge in [-0.05, 0) is 48.5 Å². The van der Waals surface area contributed by atoms with E-state index in [1.807, 2.05) is 42.5 Å². The fourth-order valence-electron chi connectivity index (χ4n) is 2.89. The van der Waals surface area contributed by atoms with Gasteiger partial charge in [-0.25, -0.2) is 0 Å². The highest BCUT2D eigenvalue weighted by molar-refractivity contribution is 8.01. The normalized spacial score (nSPS) is 10.5. The third-order valence-corrected chi connectivity index (χ3v) is 6.53. The smallest absolute Gasteiger partial charge is 0.255 e. The molecule has 9 heteroatoms. The van der Waals surface area contributed by atoms with Crippen molar-refractivity contribution in [3.05, 3.63) is 90.0 Å². The van der Waals surface area contributed by atoms with Crippen molar-refractivity contribution in [2.24, 2.45) is 0 Å². The summed E-state index contributed by atoms with van der Waals surface area (Å²) in [6.45, 7) is 0. The first-order chi connectivity index (χ1) is 16.1. The highest BCUT2D eigenvalue weighted by Gasteiger charge is 2.11. The molecule has 0 unspecified atom stereocenters. The number of ether oxygens (including phenoxy) is 1. The quantitative estimate of drug-likeness (QED) is 0.243. The zero-order valence-corrected chi connectivity index (χ0v) is 19.3. The molecule has 0 atom stereocenters. The van der Waals surface area contributed by atoms with Gasteiger partial charge in [0.25, 0.3) is 5.91 Å². The zero-order chi connectivity index (χ0) is 23.0. The van der Waals surface area contributed by atoms with Crippen LogP contribution in [0.25, 0.3) is 0 Å². The van der Waals surface area contributed by atoms with Crippen LogP contribution in [0.4, 0.5) is 16.5 Å². The number of anilines is 3. The average Bonchev–Trinajstić information content (AvgIpc) is 3.30. The molecule has 0 spiro atoms. The van der Waals surface area contributed by atoms with Crippen LogP contribution >= 0.6 is 23.1 Å². The average molecular weight is 477 g/mol. The minimum absolute atomic E-state index is 0.0292. The van der Waals surface area contributed by atoms with Crippen molar-refractivity contribution in [3.63, 3.8) is 0 Å². The van der Waals surface area contributed by atoms with E-state index in [2.05, 4.69) is 20.8 Å². The molecule has 7 nitrogen and oxygen atoms in total. The van der Waals surface area contributed by atoms with Crippen molar-refractivity contribution in [2.75, 3.05) is 23.5 Å². The van der Waals surface area contributed by atoms with Gasteiger partial charge in [-0.3, -0.25) is 9.59 Å². The molecule has 3 aromatic carbocycles. The van der Waals surface area contributed by atoms with E-state index >= 15 is 0 Å². The van der Waals surface area contributed by atoms with Crippen LogP contribution in [0.2, 0.25) is 0 Å². The summed E-state index contributed by atoms with van der Waals surface area (Å²) in [5.74, 6) is 0.762. The number of ketones is 1. The van der Waals surface area contributed by atoms with Crippen molar-refractivity contribution in [1.29, 1.82) is 0 Å². The van der Waals surface area contributed by atoms with E-state index in [-0.39, 0.29) is 17.4 Å². The Morgan fingerprint density at radius 2 is 1.70 bits per heavy atom. The maximum atomic E-state index is 12.6. The summed E-state index contributed by atoms with van der Waals surface area (Å²) in [5, 5.41) is 14.9. The monoisotopic (exact) mass is 476 g/mol. The molecule has 1 aromatic heterocycles. The number of nitrogens with one attached hydrogen (secondary N) is 2. The number of methoxy groups -OCH3 is 1. The Balaban J connectivity index is 1.29. The molecular weight excluding hydrogens is 456 g/mol. The topological polar surface area (TPSA) is 93.2 Å². The molecule has 0 radical (unpaired) electrons. The predicted molar refractivity (Wildman–Crippen MR) is 132 cm³/mol. The van der Waals surface area contributed by atoms with Crippen LogP contribution in [0, 0.1) is 0 Å². The van der Waals surface area contributed by atoms with Crippen molar-refractivity contribution >= 4 is 51.3 Å². The number of rotatable bonds is 9. The van der Waals surface area contributed by atoms with Crippen molar-refractivity contribution in [2.45, 2.75) is 4.34 Å². The Labute approximate surface area is 199 Å². The van der Waals surface area contributed by atoms with E-state index in [1.165, 1.54) is 23.1 Å². The van der Waals surface area contributed by atoms with E-state index in [0.29, 0.717) is 26.3 Å². The second-order valence-corrected chi connectivity index (χ2v) is 9.04. The molecule has 33 heavy (non-hydrogen) atoms. The first kappa shape index (κ1) is 22.5. The summed E-state index contributed by atoms with van der Waals surface area (Å²) < 4.78 is 5.91. The third kappa shape index (κ3) is 6.18. The maximum Gasteiger partial charge on any atom is 0.255 e. The lowest BCUT2D eigenvalue weighted by molar-refractivity contribution is 0.101. The maximum absolute atomic E-state index is 12.6. The van der Waals surface area contributed by atoms with Gasteiger partial charge in [0.05, 0.1) is 12.9 Å². The van der Waals surface area contributed by atoms with E-state index in [0.717, 1.165) is 11.4 Å². The number of benzene rings is 3. The van der Waals surface area contributed by atoms with Crippen molar-refractivity contribution < 1.29 is 14.3 Å². The number of Topliss-reactive ketones (excluding diaryl/α,β-unsaturated/α-hetero) is 1. The summed E-state index contributed by atoms with van der Waals surface area (Å²) in [6, 6.07) is 23.3. The zero-order valence-electron chi connectivity index (χ0n) is 17.6. The van der Waals surface area contributed by atoms with Gasteiger partial charge in [-0.1, -0.05) is 47.4 Å². The molecule has 4 rings (SSSR count). The van der Waals surface area contributed by atoms with Crippen molar-refractivity contribution in [1.82, 2.24) is 10.2 Å². The lowest BCUT2D eigenvalue weighted by atomic mass is 10.1. The minimum atomic E-state index is -0.195. The summed E-state index contributed by atoms with van der Waals surface area (Å²) in [6.07, 6.45) is 0. The van der Waals surface area contributed by atoms with Gasteiger partial charge < -0.3 is 15.4 Å². The predicted octanol–water partition coefficient (Wildman–Crippen LogP) is 5.52. The molecule has 0 aliphatic heterocycles. The molecular formula is C24H20N4O3S2. The Bertz CT molecular complexity index is 1240. The number of amides is 1. The second-order valence-electron chi connectivity index (χ2n) is 6.84. The van der Waals surface area contributed by atoms with Gasteiger partial charge in [0.2, 0.25) is 5.13 Å². The number of nitrogens with zero attached hydrogens (tertiary/aromatic N) is 2. The summed E-state index contributed by atoms with van der Waals surface area (Å²) in [7, 11) is 1.62. The van der Waals surface area contributed by atoms with Gasteiger partial charge in [0, 0.05) is 28.6 Å². The lowest BCUT2D eigenvalue weighted by Gasteiger charge is -2.06. The molecule has 0 saturated carbocycles. The number of carbonyl (C=O) groups is 2. The van der Waals surface area contributed by atoms with Gasteiger partial charge in [0.1, 0.15) is 5.75 Å². The SMILES string of the molecule is COc1cccc(Nc2nnc(SCC(=O)c3ccc(NC(=O)c4ccccc4)cc3)s2)c1. The number of thioether (sulfide) groups is 1. The first-order valence-electron chi connectivity index (χ1n) is 9.98. The Hall–Kier alpha value is -3.69. The van der Waals surface area contributed by atoms with Crippen LogP contribution in [0.1, 0.15) is 20.7 Å². The Kier molecular flexibility index (Phi) is 7.33. The van der Waals surface area contributed by atoms with Crippen LogP contribution in [-0.4, -0.2) is 34.8 Å². The van der Waals surface area contributed by atoms with E-state index in [4.69, 9.17) is 4.74 Å². The number of hydrogen-bond donors (Lipinski definition) is 2. The summed E-state index contributed by atoms with van der Waals surface area (Å²) in [4.78, 5) is 24.8. The largest absolute Gasteiger partial charge is 0.497 e. The molecule has 166 valence electrons. The van der Waals surface area contributed by atoms with Gasteiger partial charge in [-0.15, -0.1) is 10.2 Å². The summed E-state index contributed by atoms with van der Waals surface area (Å²) in [5.41, 5.74) is 2.62. The molecule has 0 fully saturated rings. The molecule has 1 heterocycles. The molecule has 0 saturated heterocycles. The van der Waals surface area contributed by atoms with Crippen LogP contribution in [-0.2, 0) is 0 Å². The molecule has 2 N–H and O–H groups in total. The molecule has 1 amide bonds. The van der Waals surface area contributed by atoms with E-state index in [1.54, 1.807) is 43.5 Å². The number of hydrogen-bond acceptors (Lipinski definition) is 8. The van der Waals surface area contributed by atoms with Gasteiger partial charge in [-0.2, -0.15) is 0 Å². The van der Waals surface area contributed by atoms with Crippen LogP contribution < -0.4 is 15.4 Å². The first-order valence-corrected chi connectivity index (χ1v) is 11.8. The van der Waals surface area contributed by atoms with Crippen molar-refractivity contribution in [3.8, 4) is 5.75 Å². The fraction of sp³-hybridized carbons (Fsp3) is 0.0833. The highest BCUT2D eigenvalue weighted by Crippen LogP contribution is 2.29. The Morgan fingerprint density at radius 3 is 2.45 bits per heavy atom. The molecule has 0 bridgehead atoms. The standard InChI is InChI=1S/C24H20N4O3S2/c1-31-20-9-5-8-19(14-20)26-23-27-28-24(33-23)32-15-21(29)16-10-12-18(13-11-16)25-22(30)17-6-3-2-4-7-17/h2-14H,15H2,1H3,(H,25,30)(H,26,27). The van der Waals surface area contributed by atoms with Gasteiger partial charge >= 0.3 is 0 Å². The fourth-order valence-corrected chi connectivity index (χ4v) is 4.55. The minimum Gasteiger partial charge on any atom is -0.497 e. The third-order valence-electron chi connectivity index (χ3n) is 4.55. The van der Waals surface area contributed by atoms with Crippen LogP contribution in [0.15, 0.2) is 83.2 Å². The highest BCUT2D eigenvalue weighted by atomic mass is 32.2. The van der Waals surface area contributed by atoms with Crippen LogP contribution in [0.3, 0.4) is 0 Å². The van der Waals surface area contributed by atoms with Crippen LogP contribution in [0.5, 0.6) is 5.75 Å². The molecule has 0 aliphatic rings. The Morgan fingerprint density at radius 1 is 0.909 bits per heavy atom.